The fourth-order valence-corrected chi connectivity index (χ4v) is 3.92. The van der Waals surface area contributed by atoms with Crippen molar-refractivity contribution in [2.45, 2.75) is 19.1 Å². The summed E-state index contributed by atoms with van der Waals surface area (Å²) in [5, 5.41) is 15.0. The summed E-state index contributed by atoms with van der Waals surface area (Å²) >= 11 is 3.48. The molecular weight excluding hydrogens is 410 g/mol. The summed E-state index contributed by atoms with van der Waals surface area (Å²) in [7, 11) is 1.36. The van der Waals surface area contributed by atoms with E-state index in [1.165, 1.54) is 7.11 Å². The third kappa shape index (κ3) is 3.63. The largest absolute Gasteiger partial charge is 0.464 e. The lowest BCUT2D eigenvalue weighted by Crippen LogP contribution is -2.21. The molecule has 1 aliphatic rings. The number of halogens is 1. The fraction of sp³-hybridized carbons (Fsp3) is 0.300. The third-order valence-electron chi connectivity index (χ3n) is 4.83. The second-order valence-corrected chi connectivity index (χ2v) is 7.68. The van der Waals surface area contributed by atoms with Crippen LogP contribution in [0.25, 0.3) is 16.6 Å². The number of hydrogen-bond donors (Lipinski definition) is 1. The van der Waals surface area contributed by atoms with E-state index in [9.17, 15) is 9.90 Å². The summed E-state index contributed by atoms with van der Waals surface area (Å²) in [5.74, 6) is -0.456. The number of benzene rings is 2. The number of methoxy groups -OCH3 is 1. The van der Waals surface area contributed by atoms with Gasteiger partial charge in [-0.1, -0.05) is 28.1 Å². The number of nitrogens with zero attached hydrogens (tertiary/aromatic N) is 3. The lowest BCUT2D eigenvalue weighted by Gasteiger charge is -2.15. The molecule has 1 N–H and O–H groups in total. The predicted octanol–water partition coefficient (Wildman–Crippen LogP) is 3.14. The van der Waals surface area contributed by atoms with Crippen molar-refractivity contribution in [1.29, 1.82) is 0 Å². The summed E-state index contributed by atoms with van der Waals surface area (Å²) in [6, 6.07) is 13.8. The van der Waals surface area contributed by atoms with Crippen LogP contribution in [0.3, 0.4) is 0 Å². The molecule has 6 nitrogen and oxygen atoms in total. The Morgan fingerprint density at radius 1 is 1.33 bits per heavy atom. The van der Waals surface area contributed by atoms with Crippen molar-refractivity contribution in [3.8, 4) is 5.69 Å². The summed E-state index contributed by atoms with van der Waals surface area (Å²) in [6.45, 7) is 2.29. The minimum absolute atomic E-state index is 0.251. The topological polar surface area (TPSA) is 67.6 Å². The standard InChI is InChI=1S/C20H20BrN3O3/c1-27-20(26)19-17-9-13(11-23-8-7-16(25)12-23)5-6-18(17)24(22-19)15-4-2-3-14(21)10-15/h2-6,9-10,16,25H,7-8,11-12H2,1H3. The molecule has 7 heteroatoms. The molecule has 0 radical (unpaired) electrons. The first-order valence-electron chi connectivity index (χ1n) is 8.81. The summed E-state index contributed by atoms with van der Waals surface area (Å²) in [5.41, 5.74) is 3.09. The van der Waals surface area contributed by atoms with E-state index >= 15 is 0 Å². The maximum atomic E-state index is 12.3. The Balaban J connectivity index is 1.78. The van der Waals surface area contributed by atoms with E-state index < -0.39 is 5.97 Å². The minimum atomic E-state index is -0.456. The van der Waals surface area contributed by atoms with Gasteiger partial charge in [0.15, 0.2) is 5.69 Å². The second-order valence-electron chi connectivity index (χ2n) is 6.76. The monoisotopic (exact) mass is 429 g/mol. The molecule has 1 fully saturated rings. The van der Waals surface area contributed by atoms with Crippen molar-refractivity contribution in [3.05, 3.63) is 58.2 Å². The number of aliphatic hydroxyl groups is 1. The van der Waals surface area contributed by atoms with Crippen LogP contribution in [-0.4, -0.2) is 52.1 Å². The molecule has 3 aromatic rings. The van der Waals surface area contributed by atoms with Gasteiger partial charge in [-0.25, -0.2) is 9.48 Å². The Morgan fingerprint density at radius 3 is 2.89 bits per heavy atom. The summed E-state index contributed by atoms with van der Waals surface area (Å²) in [6.07, 6.45) is 0.551. The van der Waals surface area contributed by atoms with Gasteiger partial charge >= 0.3 is 5.97 Å². The highest BCUT2D eigenvalue weighted by Gasteiger charge is 2.22. The van der Waals surface area contributed by atoms with Crippen LogP contribution in [-0.2, 0) is 11.3 Å². The number of β-amino-alcohol motifs (C(OH)–C–C–N with tert-alkyl or cyclic N) is 1. The van der Waals surface area contributed by atoms with E-state index in [1.807, 2.05) is 42.5 Å². The Hall–Kier alpha value is -2.22. The Kier molecular flexibility index (Phi) is 4.99. The highest BCUT2D eigenvalue weighted by molar-refractivity contribution is 9.10. The zero-order valence-corrected chi connectivity index (χ0v) is 16.5. The Labute approximate surface area is 165 Å². The van der Waals surface area contributed by atoms with Crippen molar-refractivity contribution >= 4 is 32.8 Å². The van der Waals surface area contributed by atoms with Crippen molar-refractivity contribution < 1.29 is 14.6 Å². The number of aliphatic hydroxyl groups excluding tert-OH is 1. The predicted molar refractivity (Wildman–Crippen MR) is 106 cm³/mol. The molecule has 2 heterocycles. The van der Waals surface area contributed by atoms with Gasteiger partial charge in [-0.2, -0.15) is 5.10 Å². The molecule has 2 aromatic carbocycles. The first kappa shape index (κ1) is 18.2. The van der Waals surface area contributed by atoms with Crippen molar-refractivity contribution in [2.24, 2.45) is 0 Å². The van der Waals surface area contributed by atoms with E-state index in [1.54, 1.807) is 4.68 Å². The van der Waals surface area contributed by atoms with E-state index in [0.717, 1.165) is 46.1 Å². The van der Waals surface area contributed by atoms with Crippen molar-refractivity contribution in [2.75, 3.05) is 20.2 Å². The molecule has 1 unspecified atom stereocenters. The van der Waals surface area contributed by atoms with Gasteiger partial charge in [0.2, 0.25) is 0 Å². The quantitative estimate of drug-likeness (QED) is 0.645. The molecule has 1 atom stereocenters. The van der Waals surface area contributed by atoms with Gasteiger partial charge in [-0.3, -0.25) is 4.90 Å². The molecule has 0 spiro atoms. The normalized spacial score (nSPS) is 17.5. The maximum Gasteiger partial charge on any atom is 0.359 e. The Morgan fingerprint density at radius 2 is 2.19 bits per heavy atom. The number of ether oxygens (including phenoxy) is 1. The highest BCUT2D eigenvalue weighted by atomic mass is 79.9. The zero-order valence-electron chi connectivity index (χ0n) is 14.9. The minimum Gasteiger partial charge on any atom is -0.464 e. The lowest BCUT2D eigenvalue weighted by atomic mass is 10.1. The fourth-order valence-electron chi connectivity index (χ4n) is 3.53. The van der Waals surface area contributed by atoms with Crippen LogP contribution in [0.4, 0.5) is 0 Å². The van der Waals surface area contributed by atoms with Crippen LogP contribution in [0.2, 0.25) is 0 Å². The number of carbonyl (C=O) groups is 1. The van der Waals surface area contributed by atoms with Gasteiger partial charge in [0.05, 0.1) is 24.4 Å². The second kappa shape index (κ2) is 7.42. The number of aromatic nitrogens is 2. The molecule has 1 aromatic heterocycles. The van der Waals surface area contributed by atoms with Gasteiger partial charge in [0.25, 0.3) is 0 Å². The van der Waals surface area contributed by atoms with Crippen LogP contribution in [0.1, 0.15) is 22.5 Å². The SMILES string of the molecule is COC(=O)c1nn(-c2cccc(Br)c2)c2ccc(CN3CCC(O)C3)cc12. The molecule has 27 heavy (non-hydrogen) atoms. The number of carbonyl (C=O) groups excluding carboxylic acids is 1. The van der Waals surface area contributed by atoms with Crippen LogP contribution < -0.4 is 0 Å². The molecule has 4 rings (SSSR count). The molecule has 0 saturated carbocycles. The van der Waals surface area contributed by atoms with E-state index in [-0.39, 0.29) is 6.10 Å². The molecule has 1 aliphatic heterocycles. The first-order chi connectivity index (χ1) is 13.0. The average Bonchev–Trinajstić information content (AvgIpc) is 3.24. The average molecular weight is 430 g/mol. The van der Waals surface area contributed by atoms with Gasteiger partial charge in [-0.05, 0) is 42.3 Å². The van der Waals surface area contributed by atoms with Crippen molar-refractivity contribution in [1.82, 2.24) is 14.7 Å². The number of esters is 1. The molecule has 1 saturated heterocycles. The van der Waals surface area contributed by atoms with Crippen LogP contribution in [0, 0.1) is 0 Å². The van der Waals surface area contributed by atoms with Crippen molar-refractivity contribution in [3.63, 3.8) is 0 Å². The highest BCUT2D eigenvalue weighted by Crippen LogP contribution is 2.26. The number of hydrogen-bond acceptors (Lipinski definition) is 5. The van der Waals surface area contributed by atoms with Gasteiger partial charge < -0.3 is 9.84 Å². The van der Waals surface area contributed by atoms with Gasteiger partial charge in [0, 0.05) is 29.5 Å². The van der Waals surface area contributed by atoms with E-state index in [0.29, 0.717) is 12.2 Å². The van der Waals surface area contributed by atoms with Crippen LogP contribution in [0.15, 0.2) is 46.9 Å². The van der Waals surface area contributed by atoms with Crippen LogP contribution in [0.5, 0.6) is 0 Å². The van der Waals surface area contributed by atoms with E-state index in [2.05, 4.69) is 25.9 Å². The molecule has 0 bridgehead atoms. The third-order valence-corrected chi connectivity index (χ3v) is 5.32. The molecule has 140 valence electrons. The van der Waals surface area contributed by atoms with E-state index in [4.69, 9.17) is 4.74 Å². The summed E-state index contributed by atoms with van der Waals surface area (Å²) < 4.78 is 7.63. The molecule has 0 amide bonds. The first-order valence-corrected chi connectivity index (χ1v) is 9.61. The lowest BCUT2D eigenvalue weighted by molar-refractivity contribution is 0.0595. The zero-order chi connectivity index (χ0) is 19.0. The van der Waals surface area contributed by atoms with Gasteiger partial charge in [-0.15, -0.1) is 0 Å². The number of fused-ring (bicyclic) bond motifs is 1. The number of likely N-dealkylation sites (tertiary alicyclic amines) is 1. The summed E-state index contributed by atoms with van der Waals surface area (Å²) in [4.78, 5) is 14.5. The van der Waals surface area contributed by atoms with Crippen LogP contribution >= 0.6 is 15.9 Å². The Bertz CT molecular complexity index is 1000. The molecular formula is C20H20BrN3O3. The number of rotatable bonds is 4. The smallest absolute Gasteiger partial charge is 0.359 e. The van der Waals surface area contributed by atoms with Gasteiger partial charge in [0.1, 0.15) is 0 Å². The molecule has 0 aliphatic carbocycles. The maximum absolute atomic E-state index is 12.3.